The minimum Gasteiger partial charge on any atom is -0.348 e. The summed E-state index contributed by atoms with van der Waals surface area (Å²) in [5.41, 5.74) is 0. The van der Waals surface area contributed by atoms with E-state index >= 15 is 0 Å². The molecule has 0 spiro atoms. The molecule has 0 saturated carbocycles. The Hall–Kier alpha value is -1.06. The van der Waals surface area contributed by atoms with Gasteiger partial charge in [-0.2, -0.15) is 0 Å². The van der Waals surface area contributed by atoms with Crippen LogP contribution >= 0.6 is 0 Å². The van der Waals surface area contributed by atoms with Crippen LogP contribution in [0.5, 0.6) is 0 Å². The van der Waals surface area contributed by atoms with Crippen LogP contribution in [0, 0.1) is 0 Å². The van der Waals surface area contributed by atoms with E-state index in [4.69, 9.17) is 0 Å². The molecule has 0 fully saturated rings. The monoisotopic (exact) mass is 158 g/mol. The van der Waals surface area contributed by atoms with E-state index in [1.165, 1.54) is 0 Å². The molecule has 0 unspecified atom stereocenters. The fraction of sp³-hybridized carbons (Fsp3) is 0.714. The fourth-order valence-corrected chi connectivity index (χ4v) is 0.569. The lowest BCUT2D eigenvalue weighted by molar-refractivity contribution is -0.139. The Morgan fingerprint density at radius 3 is 2.18 bits per heavy atom. The Bertz CT molecular complexity index is 155. The lowest BCUT2D eigenvalue weighted by Gasteiger charge is -2.06. The second kappa shape index (κ2) is 4.71. The standard InChI is InChI=1S/C7H14N2O2/c1-4-8-6(10)7(11)9-5(2)3/h5H,4H2,1-3H3,(H,8,10)(H,9,11). The van der Waals surface area contributed by atoms with Gasteiger partial charge in [-0.05, 0) is 20.8 Å². The molecule has 0 aliphatic carbocycles. The van der Waals surface area contributed by atoms with Gasteiger partial charge >= 0.3 is 11.8 Å². The first kappa shape index (κ1) is 9.94. The van der Waals surface area contributed by atoms with Gasteiger partial charge in [0.15, 0.2) is 0 Å². The van der Waals surface area contributed by atoms with E-state index in [1.807, 2.05) is 0 Å². The summed E-state index contributed by atoms with van der Waals surface area (Å²) in [4.78, 5) is 21.6. The van der Waals surface area contributed by atoms with Crippen LogP contribution in [0.4, 0.5) is 0 Å². The Kier molecular flexibility index (Phi) is 4.26. The molecule has 0 atom stereocenters. The van der Waals surface area contributed by atoms with Gasteiger partial charge in [0.1, 0.15) is 0 Å². The molecule has 0 saturated heterocycles. The van der Waals surface area contributed by atoms with E-state index in [2.05, 4.69) is 10.6 Å². The van der Waals surface area contributed by atoms with Crippen molar-refractivity contribution in [2.24, 2.45) is 0 Å². The van der Waals surface area contributed by atoms with Crippen LogP contribution in [-0.2, 0) is 9.59 Å². The number of hydrogen-bond acceptors (Lipinski definition) is 2. The Balaban J connectivity index is 3.74. The third kappa shape index (κ3) is 4.36. The SMILES string of the molecule is CCNC(=O)C(=O)NC(C)C. The maximum Gasteiger partial charge on any atom is 0.309 e. The molecular weight excluding hydrogens is 144 g/mol. The van der Waals surface area contributed by atoms with Crippen LogP contribution in [0.3, 0.4) is 0 Å². The molecule has 2 N–H and O–H groups in total. The molecule has 0 radical (unpaired) electrons. The smallest absolute Gasteiger partial charge is 0.309 e. The molecule has 0 rings (SSSR count). The van der Waals surface area contributed by atoms with Crippen molar-refractivity contribution in [2.75, 3.05) is 6.54 Å². The van der Waals surface area contributed by atoms with Gasteiger partial charge in [0, 0.05) is 12.6 Å². The highest BCUT2D eigenvalue weighted by molar-refractivity contribution is 6.35. The van der Waals surface area contributed by atoms with Crippen molar-refractivity contribution in [1.82, 2.24) is 10.6 Å². The quantitative estimate of drug-likeness (QED) is 0.539. The lowest BCUT2D eigenvalue weighted by atomic mass is 10.4. The highest BCUT2D eigenvalue weighted by Crippen LogP contribution is 1.76. The zero-order valence-corrected chi connectivity index (χ0v) is 7.10. The van der Waals surface area contributed by atoms with Gasteiger partial charge in [-0.1, -0.05) is 0 Å². The fourth-order valence-electron chi connectivity index (χ4n) is 0.569. The first-order chi connectivity index (χ1) is 5.07. The largest absolute Gasteiger partial charge is 0.348 e. The normalized spacial score (nSPS) is 9.45. The van der Waals surface area contributed by atoms with Gasteiger partial charge in [0.05, 0.1) is 0 Å². The third-order valence-corrected chi connectivity index (χ3v) is 0.963. The molecule has 4 heteroatoms. The second-order valence-electron chi connectivity index (χ2n) is 2.49. The van der Waals surface area contributed by atoms with E-state index in [9.17, 15) is 9.59 Å². The number of nitrogens with one attached hydrogen (secondary N) is 2. The van der Waals surface area contributed by atoms with Crippen LogP contribution in [0.2, 0.25) is 0 Å². The van der Waals surface area contributed by atoms with Gasteiger partial charge in [-0.25, -0.2) is 0 Å². The van der Waals surface area contributed by atoms with Gasteiger partial charge in [-0.15, -0.1) is 0 Å². The third-order valence-electron chi connectivity index (χ3n) is 0.963. The number of hydrogen-bond donors (Lipinski definition) is 2. The molecule has 0 aromatic carbocycles. The Morgan fingerprint density at radius 2 is 1.82 bits per heavy atom. The summed E-state index contributed by atoms with van der Waals surface area (Å²) >= 11 is 0. The van der Waals surface area contributed by atoms with Crippen molar-refractivity contribution in [3.63, 3.8) is 0 Å². The predicted molar refractivity (Wildman–Crippen MR) is 42.0 cm³/mol. The lowest BCUT2D eigenvalue weighted by Crippen LogP contribution is -2.42. The minimum absolute atomic E-state index is 0.00473. The summed E-state index contributed by atoms with van der Waals surface area (Å²) in [6, 6.07) is 0.00473. The average molecular weight is 158 g/mol. The summed E-state index contributed by atoms with van der Waals surface area (Å²) in [5.74, 6) is -1.14. The van der Waals surface area contributed by atoms with Gasteiger partial charge < -0.3 is 10.6 Å². The Labute approximate surface area is 66.4 Å². The van der Waals surface area contributed by atoms with Crippen LogP contribution in [0.1, 0.15) is 20.8 Å². The number of rotatable bonds is 2. The molecule has 0 aromatic rings. The van der Waals surface area contributed by atoms with Crippen molar-refractivity contribution in [3.8, 4) is 0 Å². The summed E-state index contributed by atoms with van der Waals surface area (Å²) in [6.45, 7) is 5.85. The van der Waals surface area contributed by atoms with E-state index in [0.717, 1.165) is 0 Å². The highest BCUT2D eigenvalue weighted by atomic mass is 16.2. The van der Waals surface area contributed by atoms with E-state index in [0.29, 0.717) is 6.54 Å². The van der Waals surface area contributed by atoms with E-state index < -0.39 is 11.8 Å². The molecule has 2 amide bonds. The van der Waals surface area contributed by atoms with Gasteiger partial charge in [0.2, 0.25) is 0 Å². The van der Waals surface area contributed by atoms with Crippen molar-refractivity contribution >= 4 is 11.8 Å². The number of likely N-dealkylation sites (N-methyl/N-ethyl adjacent to an activating group) is 1. The molecular formula is C7H14N2O2. The molecule has 64 valence electrons. The van der Waals surface area contributed by atoms with Crippen LogP contribution < -0.4 is 10.6 Å². The number of amides is 2. The molecule has 11 heavy (non-hydrogen) atoms. The average Bonchev–Trinajstić information content (AvgIpc) is 1.86. The van der Waals surface area contributed by atoms with Crippen molar-refractivity contribution in [3.05, 3.63) is 0 Å². The van der Waals surface area contributed by atoms with Gasteiger partial charge in [-0.3, -0.25) is 9.59 Å². The summed E-state index contributed by atoms with van der Waals surface area (Å²) in [6.07, 6.45) is 0. The van der Waals surface area contributed by atoms with Gasteiger partial charge in [0.25, 0.3) is 0 Å². The summed E-state index contributed by atoms with van der Waals surface area (Å²) in [5, 5.41) is 4.88. The number of carbonyl (C=O) groups is 2. The molecule has 0 bridgehead atoms. The number of carbonyl (C=O) groups excluding carboxylic acids is 2. The first-order valence-electron chi connectivity index (χ1n) is 3.66. The summed E-state index contributed by atoms with van der Waals surface area (Å²) < 4.78 is 0. The molecule has 0 heterocycles. The highest BCUT2D eigenvalue weighted by Gasteiger charge is 2.11. The Morgan fingerprint density at radius 1 is 1.27 bits per heavy atom. The molecule has 4 nitrogen and oxygen atoms in total. The predicted octanol–water partition coefficient (Wildman–Crippen LogP) is -0.353. The van der Waals surface area contributed by atoms with Crippen LogP contribution in [0.25, 0.3) is 0 Å². The van der Waals surface area contributed by atoms with Crippen LogP contribution in [-0.4, -0.2) is 24.4 Å². The summed E-state index contributed by atoms with van der Waals surface area (Å²) in [7, 11) is 0. The molecule has 0 aliphatic heterocycles. The van der Waals surface area contributed by atoms with E-state index in [1.54, 1.807) is 20.8 Å². The zero-order chi connectivity index (χ0) is 8.85. The maximum atomic E-state index is 10.8. The topological polar surface area (TPSA) is 58.2 Å². The van der Waals surface area contributed by atoms with Crippen LogP contribution in [0.15, 0.2) is 0 Å². The first-order valence-corrected chi connectivity index (χ1v) is 3.66. The molecule has 0 aromatic heterocycles. The minimum atomic E-state index is -0.568. The van der Waals surface area contributed by atoms with Crippen molar-refractivity contribution < 1.29 is 9.59 Å². The van der Waals surface area contributed by atoms with E-state index in [-0.39, 0.29) is 6.04 Å². The van der Waals surface area contributed by atoms with Crippen molar-refractivity contribution in [1.29, 1.82) is 0 Å². The zero-order valence-electron chi connectivity index (χ0n) is 7.10. The van der Waals surface area contributed by atoms with Crippen molar-refractivity contribution in [2.45, 2.75) is 26.8 Å². The second-order valence-corrected chi connectivity index (χ2v) is 2.49. The molecule has 0 aliphatic rings. The maximum absolute atomic E-state index is 10.8.